The Morgan fingerprint density at radius 1 is 1.35 bits per heavy atom. The van der Waals surface area contributed by atoms with Crippen LogP contribution >= 0.6 is 23.4 Å². The van der Waals surface area contributed by atoms with Crippen molar-refractivity contribution in [3.8, 4) is 0 Å². The second-order valence-electron chi connectivity index (χ2n) is 4.31. The number of nitrogens with one attached hydrogen (secondary N) is 1. The molecule has 0 bridgehead atoms. The summed E-state index contributed by atoms with van der Waals surface area (Å²) >= 11 is 7.42. The lowest BCUT2D eigenvalue weighted by atomic mass is 10.1. The van der Waals surface area contributed by atoms with Crippen molar-refractivity contribution in [3.05, 3.63) is 58.7 Å². The Hall–Kier alpha value is -1.52. The van der Waals surface area contributed by atoms with Crippen molar-refractivity contribution < 1.29 is 4.79 Å². The minimum atomic E-state index is -0.130. The first-order valence-electron chi connectivity index (χ1n) is 6.17. The Morgan fingerprint density at radius 3 is 2.85 bits per heavy atom. The smallest absolute Gasteiger partial charge is 0.254 e. The van der Waals surface area contributed by atoms with Gasteiger partial charge in [0, 0.05) is 11.2 Å². The average Bonchev–Trinajstić information content (AvgIpc) is 2.47. The fraction of sp³-hybridized carbons (Fsp3) is 0.200. The van der Waals surface area contributed by atoms with E-state index >= 15 is 0 Å². The van der Waals surface area contributed by atoms with E-state index in [9.17, 15) is 4.79 Å². The second kappa shape index (κ2) is 6.77. The topological polar surface area (TPSA) is 42.0 Å². The van der Waals surface area contributed by atoms with Crippen molar-refractivity contribution >= 4 is 29.3 Å². The molecule has 1 amide bonds. The lowest BCUT2D eigenvalue weighted by molar-refractivity contribution is 0.0936. The van der Waals surface area contributed by atoms with Gasteiger partial charge in [-0.2, -0.15) is 0 Å². The van der Waals surface area contributed by atoms with Gasteiger partial charge in [-0.1, -0.05) is 23.7 Å². The first-order chi connectivity index (χ1) is 9.61. The Balaban J connectivity index is 2.15. The molecule has 1 N–H and O–H groups in total. The fourth-order valence-corrected chi connectivity index (χ4v) is 2.61. The summed E-state index contributed by atoms with van der Waals surface area (Å²) in [6.45, 7) is 1.93. The maximum atomic E-state index is 12.3. The maximum Gasteiger partial charge on any atom is 0.254 e. The van der Waals surface area contributed by atoms with Gasteiger partial charge in [0.05, 0.1) is 11.6 Å². The highest BCUT2D eigenvalue weighted by Crippen LogP contribution is 2.20. The highest BCUT2D eigenvalue weighted by atomic mass is 35.5. The number of nitrogens with zero attached hydrogens (tertiary/aromatic N) is 1. The summed E-state index contributed by atoms with van der Waals surface area (Å²) in [5.74, 6) is -0.130. The molecule has 0 aliphatic carbocycles. The Kier molecular flexibility index (Phi) is 5.04. The average molecular weight is 307 g/mol. The molecule has 1 unspecified atom stereocenters. The zero-order chi connectivity index (χ0) is 14.5. The van der Waals surface area contributed by atoms with Gasteiger partial charge < -0.3 is 5.32 Å². The van der Waals surface area contributed by atoms with E-state index in [1.54, 1.807) is 18.3 Å². The quantitative estimate of drug-likeness (QED) is 0.870. The van der Waals surface area contributed by atoms with E-state index in [0.717, 1.165) is 10.6 Å². The lowest BCUT2D eigenvalue weighted by Crippen LogP contribution is -2.27. The van der Waals surface area contributed by atoms with E-state index in [1.165, 1.54) is 11.8 Å². The number of benzene rings is 1. The molecule has 5 heteroatoms. The van der Waals surface area contributed by atoms with Crippen LogP contribution in [0.4, 0.5) is 0 Å². The van der Waals surface area contributed by atoms with E-state index in [-0.39, 0.29) is 11.9 Å². The third-order valence-electron chi connectivity index (χ3n) is 2.91. The minimum Gasteiger partial charge on any atom is -0.345 e. The fourth-order valence-electron chi connectivity index (χ4n) is 1.86. The van der Waals surface area contributed by atoms with Gasteiger partial charge in [0.2, 0.25) is 0 Å². The maximum absolute atomic E-state index is 12.3. The van der Waals surface area contributed by atoms with Gasteiger partial charge in [0.25, 0.3) is 5.91 Å². The predicted molar refractivity (Wildman–Crippen MR) is 83.4 cm³/mol. The molecule has 0 fully saturated rings. The number of carbonyl (C=O) groups excluding carboxylic acids is 1. The molecule has 1 aromatic carbocycles. The van der Waals surface area contributed by atoms with Gasteiger partial charge in [-0.15, -0.1) is 11.8 Å². The molecule has 1 aromatic heterocycles. The van der Waals surface area contributed by atoms with E-state index < -0.39 is 0 Å². The Morgan fingerprint density at radius 2 is 2.15 bits per heavy atom. The molecule has 3 nitrogen and oxygen atoms in total. The van der Waals surface area contributed by atoms with E-state index in [4.69, 9.17) is 11.6 Å². The van der Waals surface area contributed by atoms with Crippen LogP contribution in [0.15, 0.2) is 47.6 Å². The van der Waals surface area contributed by atoms with Crippen molar-refractivity contribution in [1.82, 2.24) is 10.3 Å². The molecule has 1 atom stereocenters. The monoisotopic (exact) mass is 306 g/mol. The molecule has 0 spiro atoms. The molecule has 2 aromatic rings. The van der Waals surface area contributed by atoms with Crippen molar-refractivity contribution in [1.29, 1.82) is 0 Å². The van der Waals surface area contributed by atoms with E-state index in [0.29, 0.717) is 10.6 Å². The molecule has 0 radical (unpaired) electrons. The molecule has 104 valence electrons. The molecule has 20 heavy (non-hydrogen) atoms. The van der Waals surface area contributed by atoms with Crippen molar-refractivity contribution in [2.24, 2.45) is 0 Å². The molecule has 0 saturated carbocycles. The van der Waals surface area contributed by atoms with Crippen LogP contribution in [0.3, 0.4) is 0 Å². The molecular formula is C15H15ClN2OS. The third kappa shape index (κ3) is 3.52. The van der Waals surface area contributed by atoms with Gasteiger partial charge in [-0.25, -0.2) is 4.98 Å². The Bertz CT molecular complexity index is 618. The first-order valence-corrected chi connectivity index (χ1v) is 7.77. The van der Waals surface area contributed by atoms with Crippen molar-refractivity contribution in [3.63, 3.8) is 0 Å². The van der Waals surface area contributed by atoms with Crippen LogP contribution in [0.5, 0.6) is 0 Å². The van der Waals surface area contributed by atoms with Crippen LogP contribution in [0.1, 0.15) is 28.9 Å². The summed E-state index contributed by atoms with van der Waals surface area (Å²) < 4.78 is 0. The minimum absolute atomic E-state index is 0.115. The zero-order valence-corrected chi connectivity index (χ0v) is 12.8. The molecular weight excluding hydrogens is 292 g/mol. The van der Waals surface area contributed by atoms with Crippen molar-refractivity contribution in [2.75, 3.05) is 6.26 Å². The van der Waals surface area contributed by atoms with Crippen LogP contribution in [-0.4, -0.2) is 17.1 Å². The van der Waals surface area contributed by atoms with Gasteiger partial charge in [-0.05, 0) is 43.0 Å². The van der Waals surface area contributed by atoms with E-state index in [1.807, 2.05) is 37.4 Å². The molecule has 0 aliphatic heterocycles. The van der Waals surface area contributed by atoms with Crippen LogP contribution in [-0.2, 0) is 0 Å². The highest BCUT2D eigenvalue weighted by molar-refractivity contribution is 7.98. The largest absolute Gasteiger partial charge is 0.345 e. The van der Waals surface area contributed by atoms with Crippen LogP contribution < -0.4 is 5.32 Å². The molecule has 2 rings (SSSR count). The standard InChI is InChI=1S/C15H15ClN2OS/c1-10(11-5-3-6-12(16)9-11)18-14(19)13-7-4-8-17-15(13)20-2/h3-10H,1-2H3,(H,18,19). The van der Waals surface area contributed by atoms with E-state index in [2.05, 4.69) is 10.3 Å². The predicted octanol–water partition coefficient (Wildman–Crippen LogP) is 3.95. The number of aromatic nitrogens is 1. The number of amides is 1. The summed E-state index contributed by atoms with van der Waals surface area (Å²) in [4.78, 5) is 16.5. The zero-order valence-electron chi connectivity index (χ0n) is 11.3. The number of rotatable bonds is 4. The summed E-state index contributed by atoms with van der Waals surface area (Å²) in [6.07, 6.45) is 3.59. The number of thioether (sulfide) groups is 1. The normalized spacial score (nSPS) is 11.9. The summed E-state index contributed by atoms with van der Waals surface area (Å²) in [7, 11) is 0. The molecule has 0 saturated heterocycles. The first kappa shape index (κ1) is 14.9. The summed E-state index contributed by atoms with van der Waals surface area (Å²) in [6, 6.07) is 10.9. The van der Waals surface area contributed by atoms with Crippen LogP contribution in [0, 0.1) is 0 Å². The molecule has 0 aliphatic rings. The SMILES string of the molecule is CSc1ncccc1C(=O)NC(C)c1cccc(Cl)c1. The molecule has 1 heterocycles. The van der Waals surface area contributed by atoms with Gasteiger partial charge in [0.1, 0.15) is 5.03 Å². The number of pyridine rings is 1. The lowest BCUT2D eigenvalue weighted by Gasteiger charge is -2.15. The number of carbonyl (C=O) groups is 1. The summed E-state index contributed by atoms with van der Waals surface area (Å²) in [5, 5.41) is 4.35. The van der Waals surface area contributed by atoms with Gasteiger partial charge in [-0.3, -0.25) is 4.79 Å². The Labute approximate surface area is 127 Å². The van der Waals surface area contributed by atoms with Gasteiger partial charge >= 0.3 is 0 Å². The van der Waals surface area contributed by atoms with Crippen LogP contribution in [0.2, 0.25) is 5.02 Å². The number of halogens is 1. The van der Waals surface area contributed by atoms with Crippen molar-refractivity contribution in [2.45, 2.75) is 18.0 Å². The van der Waals surface area contributed by atoms with Crippen LogP contribution in [0.25, 0.3) is 0 Å². The number of hydrogen-bond donors (Lipinski definition) is 1. The highest BCUT2D eigenvalue weighted by Gasteiger charge is 2.15. The third-order valence-corrected chi connectivity index (χ3v) is 3.85. The summed E-state index contributed by atoms with van der Waals surface area (Å²) in [5.41, 5.74) is 1.56. The van der Waals surface area contributed by atoms with Gasteiger partial charge in [0.15, 0.2) is 0 Å². The second-order valence-corrected chi connectivity index (χ2v) is 5.54. The number of hydrogen-bond acceptors (Lipinski definition) is 3.